The van der Waals surface area contributed by atoms with Crippen LogP contribution in [0.15, 0.2) is 12.4 Å². The predicted molar refractivity (Wildman–Crippen MR) is 73.8 cm³/mol. The quantitative estimate of drug-likeness (QED) is 0.904. The van der Waals surface area contributed by atoms with E-state index in [4.69, 9.17) is 4.74 Å². The molecule has 104 valence electrons. The Kier molecular flexibility index (Phi) is 3.80. The lowest BCUT2D eigenvalue weighted by Crippen LogP contribution is -2.31. The first-order valence-corrected chi connectivity index (χ1v) is 7.42. The molecule has 4 heteroatoms. The van der Waals surface area contributed by atoms with Crippen LogP contribution in [0, 0.1) is 6.92 Å². The van der Waals surface area contributed by atoms with Gasteiger partial charge in [0.15, 0.2) is 0 Å². The lowest BCUT2D eigenvalue weighted by atomic mass is 9.98. The smallest absolute Gasteiger partial charge is 0.0724 e. The third-order valence-corrected chi connectivity index (χ3v) is 4.37. The van der Waals surface area contributed by atoms with Crippen LogP contribution in [0.1, 0.15) is 49.9 Å². The van der Waals surface area contributed by atoms with Crippen molar-refractivity contribution in [1.82, 2.24) is 15.3 Å². The Hall–Kier alpha value is -1.00. The van der Waals surface area contributed by atoms with Gasteiger partial charge >= 0.3 is 0 Å². The van der Waals surface area contributed by atoms with Gasteiger partial charge in [0, 0.05) is 25.5 Å². The van der Waals surface area contributed by atoms with Crippen LogP contribution in [0.25, 0.3) is 0 Å². The molecule has 2 aliphatic rings. The molecule has 1 aliphatic carbocycles. The Labute approximate surface area is 115 Å². The van der Waals surface area contributed by atoms with E-state index >= 15 is 0 Å². The Bertz CT molecular complexity index is 412. The van der Waals surface area contributed by atoms with E-state index in [-0.39, 0.29) is 5.60 Å². The van der Waals surface area contributed by atoms with Crippen LogP contribution in [-0.4, -0.2) is 28.2 Å². The lowest BCUT2D eigenvalue weighted by Gasteiger charge is -2.23. The molecule has 0 radical (unpaired) electrons. The van der Waals surface area contributed by atoms with E-state index in [9.17, 15) is 0 Å². The number of hydrogen-bond acceptors (Lipinski definition) is 4. The second-order valence-electron chi connectivity index (χ2n) is 5.95. The fourth-order valence-electron chi connectivity index (χ4n) is 3.30. The van der Waals surface area contributed by atoms with E-state index in [0.29, 0.717) is 6.10 Å². The van der Waals surface area contributed by atoms with Gasteiger partial charge in [0.1, 0.15) is 0 Å². The van der Waals surface area contributed by atoms with Gasteiger partial charge in [-0.25, -0.2) is 0 Å². The van der Waals surface area contributed by atoms with Crippen molar-refractivity contribution in [3.8, 4) is 0 Å². The maximum atomic E-state index is 6.27. The highest BCUT2D eigenvalue weighted by atomic mass is 16.5. The summed E-state index contributed by atoms with van der Waals surface area (Å²) in [5.41, 5.74) is 2.21. The summed E-state index contributed by atoms with van der Waals surface area (Å²) in [5.74, 6) is 0. The summed E-state index contributed by atoms with van der Waals surface area (Å²) in [6.45, 7) is 3.66. The number of nitrogens with one attached hydrogen (secondary N) is 1. The van der Waals surface area contributed by atoms with E-state index < -0.39 is 0 Å². The third-order valence-electron chi connectivity index (χ3n) is 4.37. The van der Waals surface area contributed by atoms with Gasteiger partial charge < -0.3 is 10.1 Å². The highest BCUT2D eigenvalue weighted by Crippen LogP contribution is 2.43. The SMILES string of the molecule is Cc1cnc(CNCC2CCC3(CCCC3)O2)cn1. The first-order valence-electron chi connectivity index (χ1n) is 7.42. The molecular formula is C15H23N3O. The van der Waals surface area contributed by atoms with E-state index in [2.05, 4.69) is 15.3 Å². The molecule has 0 amide bonds. The molecule has 1 saturated heterocycles. The number of hydrogen-bond donors (Lipinski definition) is 1. The first kappa shape index (κ1) is 13.0. The number of aryl methyl sites for hydroxylation is 1. The van der Waals surface area contributed by atoms with Gasteiger partial charge in [-0.15, -0.1) is 0 Å². The average Bonchev–Trinajstić information content (AvgIpc) is 3.03. The summed E-state index contributed by atoms with van der Waals surface area (Å²) in [4.78, 5) is 8.60. The Morgan fingerprint density at radius 2 is 2.11 bits per heavy atom. The van der Waals surface area contributed by atoms with Crippen LogP contribution in [0.3, 0.4) is 0 Å². The van der Waals surface area contributed by atoms with Crippen LogP contribution < -0.4 is 5.32 Å². The van der Waals surface area contributed by atoms with E-state index in [1.54, 1.807) is 0 Å². The molecule has 4 nitrogen and oxygen atoms in total. The van der Waals surface area contributed by atoms with Crippen LogP contribution in [-0.2, 0) is 11.3 Å². The minimum absolute atomic E-state index is 0.246. The molecular weight excluding hydrogens is 238 g/mol. The predicted octanol–water partition coefficient (Wildman–Crippen LogP) is 2.37. The highest BCUT2D eigenvalue weighted by molar-refractivity contribution is 5.00. The largest absolute Gasteiger partial charge is 0.370 e. The second kappa shape index (κ2) is 5.55. The molecule has 3 rings (SSSR count). The van der Waals surface area contributed by atoms with Crippen molar-refractivity contribution in [1.29, 1.82) is 0 Å². The molecule has 1 aliphatic heterocycles. The van der Waals surface area contributed by atoms with Gasteiger partial charge in [0.2, 0.25) is 0 Å². The standard InChI is InChI=1S/C15H23N3O/c1-12-8-18-13(10-17-12)9-16-11-14-4-7-15(19-14)5-2-3-6-15/h8,10,14,16H,2-7,9,11H2,1H3. The van der Waals surface area contributed by atoms with Gasteiger partial charge in [0.25, 0.3) is 0 Å². The number of ether oxygens (including phenoxy) is 1. The van der Waals surface area contributed by atoms with E-state index in [1.165, 1.54) is 38.5 Å². The number of rotatable bonds is 4. The van der Waals surface area contributed by atoms with Crippen LogP contribution in [0.2, 0.25) is 0 Å². The van der Waals surface area contributed by atoms with Crippen molar-refractivity contribution >= 4 is 0 Å². The van der Waals surface area contributed by atoms with Gasteiger partial charge in [-0.3, -0.25) is 9.97 Å². The molecule has 1 unspecified atom stereocenters. The van der Waals surface area contributed by atoms with Crippen molar-refractivity contribution in [3.05, 3.63) is 23.8 Å². The zero-order chi connectivity index (χ0) is 13.1. The van der Waals surface area contributed by atoms with E-state index in [1.807, 2.05) is 19.3 Å². The van der Waals surface area contributed by atoms with Crippen molar-refractivity contribution in [2.45, 2.75) is 63.7 Å². The van der Waals surface area contributed by atoms with E-state index in [0.717, 1.165) is 24.5 Å². The minimum Gasteiger partial charge on any atom is -0.370 e. The molecule has 1 spiro atoms. The summed E-state index contributed by atoms with van der Waals surface area (Å²) in [5, 5.41) is 3.44. The number of nitrogens with zero attached hydrogens (tertiary/aromatic N) is 2. The minimum atomic E-state index is 0.246. The van der Waals surface area contributed by atoms with Crippen molar-refractivity contribution < 1.29 is 4.74 Å². The third kappa shape index (κ3) is 3.12. The molecule has 1 atom stereocenters. The Morgan fingerprint density at radius 3 is 2.84 bits per heavy atom. The molecule has 1 saturated carbocycles. The zero-order valence-electron chi connectivity index (χ0n) is 11.7. The van der Waals surface area contributed by atoms with Crippen LogP contribution in [0.5, 0.6) is 0 Å². The van der Waals surface area contributed by atoms with Gasteiger partial charge in [-0.05, 0) is 32.6 Å². The molecule has 2 fully saturated rings. The lowest BCUT2D eigenvalue weighted by molar-refractivity contribution is -0.0352. The Morgan fingerprint density at radius 1 is 1.26 bits per heavy atom. The molecule has 0 aromatic carbocycles. The van der Waals surface area contributed by atoms with Gasteiger partial charge in [0.05, 0.1) is 23.1 Å². The van der Waals surface area contributed by atoms with Crippen molar-refractivity contribution in [3.63, 3.8) is 0 Å². The van der Waals surface area contributed by atoms with Gasteiger partial charge in [-0.2, -0.15) is 0 Å². The fourth-order valence-corrected chi connectivity index (χ4v) is 3.30. The molecule has 1 aromatic rings. The summed E-state index contributed by atoms with van der Waals surface area (Å²) >= 11 is 0. The normalized spacial score (nSPS) is 25.2. The first-order chi connectivity index (χ1) is 9.26. The fraction of sp³-hybridized carbons (Fsp3) is 0.733. The maximum absolute atomic E-state index is 6.27. The molecule has 1 N–H and O–H groups in total. The summed E-state index contributed by atoms with van der Waals surface area (Å²) in [6, 6.07) is 0. The topological polar surface area (TPSA) is 47.0 Å². The molecule has 2 heterocycles. The monoisotopic (exact) mass is 261 g/mol. The van der Waals surface area contributed by atoms with Crippen LogP contribution >= 0.6 is 0 Å². The molecule has 0 bridgehead atoms. The van der Waals surface area contributed by atoms with Crippen LogP contribution in [0.4, 0.5) is 0 Å². The summed E-state index contributed by atoms with van der Waals surface area (Å²) in [7, 11) is 0. The Balaban J connectivity index is 1.42. The molecule has 19 heavy (non-hydrogen) atoms. The van der Waals surface area contributed by atoms with Gasteiger partial charge in [-0.1, -0.05) is 12.8 Å². The molecule has 1 aromatic heterocycles. The second-order valence-corrected chi connectivity index (χ2v) is 5.95. The zero-order valence-corrected chi connectivity index (χ0v) is 11.7. The summed E-state index contributed by atoms with van der Waals surface area (Å²) in [6.07, 6.45) is 11.7. The average molecular weight is 261 g/mol. The van der Waals surface area contributed by atoms with Crippen molar-refractivity contribution in [2.75, 3.05) is 6.54 Å². The maximum Gasteiger partial charge on any atom is 0.0724 e. The number of aromatic nitrogens is 2. The van der Waals surface area contributed by atoms with Crippen molar-refractivity contribution in [2.24, 2.45) is 0 Å². The summed E-state index contributed by atoms with van der Waals surface area (Å²) < 4.78 is 6.27. The highest BCUT2D eigenvalue weighted by Gasteiger charge is 2.41.